The number of pyridine rings is 1. The van der Waals surface area contributed by atoms with Gasteiger partial charge in [0, 0.05) is 27.8 Å². The van der Waals surface area contributed by atoms with E-state index < -0.39 is 4.92 Å². The number of nitrogen functional groups attached to an aromatic ring is 1. The van der Waals surface area contributed by atoms with Gasteiger partial charge in [-0.25, -0.2) is 10.8 Å². The van der Waals surface area contributed by atoms with Crippen LogP contribution in [0.4, 0.5) is 17.3 Å². The Labute approximate surface area is 127 Å². The van der Waals surface area contributed by atoms with Crippen LogP contribution in [-0.2, 0) is 6.54 Å². The first kappa shape index (κ1) is 14.7. The summed E-state index contributed by atoms with van der Waals surface area (Å²) in [6, 6.07) is 4.83. The van der Waals surface area contributed by atoms with Crippen LogP contribution in [0.5, 0.6) is 0 Å². The number of hydrogen-bond donors (Lipinski definition) is 2. The second-order valence-electron chi connectivity index (χ2n) is 4.03. The fourth-order valence-corrected chi connectivity index (χ4v) is 3.19. The Morgan fingerprint density at radius 2 is 2.35 bits per heavy atom. The number of nitrogens with one attached hydrogen (secondary N) is 1. The molecule has 2 rings (SSSR count). The fourth-order valence-electron chi connectivity index (χ4n) is 1.69. The van der Waals surface area contributed by atoms with E-state index in [-0.39, 0.29) is 11.5 Å². The van der Waals surface area contributed by atoms with E-state index in [1.165, 1.54) is 12.1 Å². The zero-order valence-electron chi connectivity index (χ0n) is 10.5. The van der Waals surface area contributed by atoms with Crippen LogP contribution in [0.2, 0.25) is 0 Å². The Kier molecular flexibility index (Phi) is 4.53. The molecule has 0 unspecified atom stereocenters. The maximum atomic E-state index is 11.1. The highest BCUT2D eigenvalue weighted by Crippen LogP contribution is 2.29. The number of hydrazine groups is 1. The van der Waals surface area contributed by atoms with Gasteiger partial charge in [-0.2, -0.15) is 0 Å². The molecule has 7 nitrogen and oxygen atoms in total. The lowest BCUT2D eigenvalue weighted by Crippen LogP contribution is -2.20. The van der Waals surface area contributed by atoms with Crippen LogP contribution in [0.25, 0.3) is 0 Å². The van der Waals surface area contributed by atoms with Crippen molar-refractivity contribution >= 4 is 44.6 Å². The highest BCUT2D eigenvalue weighted by atomic mass is 79.9. The minimum atomic E-state index is -0.455. The maximum absolute atomic E-state index is 11.1. The molecular formula is C11H12BrN5O2S. The summed E-state index contributed by atoms with van der Waals surface area (Å²) >= 11 is 4.95. The molecule has 0 aliphatic heterocycles. The molecule has 0 bridgehead atoms. The van der Waals surface area contributed by atoms with Crippen molar-refractivity contribution in [3.8, 4) is 0 Å². The topological polar surface area (TPSA) is 97.3 Å². The third-order valence-corrected chi connectivity index (χ3v) is 4.26. The van der Waals surface area contributed by atoms with Crippen LogP contribution in [0.3, 0.4) is 0 Å². The van der Waals surface area contributed by atoms with Crippen molar-refractivity contribution < 1.29 is 4.92 Å². The third-order valence-electron chi connectivity index (χ3n) is 2.58. The molecule has 2 aromatic heterocycles. The number of halogens is 1. The zero-order valence-corrected chi connectivity index (χ0v) is 12.9. The quantitative estimate of drug-likeness (QED) is 0.485. The molecule has 0 atom stereocenters. The Hall–Kier alpha value is -1.71. The molecule has 2 aromatic rings. The van der Waals surface area contributed by atoms with Crippen molar-refractivity contribution in [2.75, 3.05) is 17.4 Å². The summed E-state index contributed by atoms with van der Waals surface area (Å²) in [5.74, 6) is 5.95. The second kappa shape index (κ2) is 6.16. The molecular weight excluding hydrogens is 346 g/mol. The predicted octanol–water partition coefficient (Wildman–Crippen LogP) is 2.74. The number of thiophene rings is 1. The van der Waals surface area contributed by atoms with Gasteiger partial charge < -0.3 is 10.3 Å². The van der Waals surface area contributed by atoms with Crippen LogP contribution < -0.4 is 16.2 Å². The van der Waals surface area contributed by atoms with E-state index in [4.69, 9.17) is 5.84 Å². The van der Waals surface area contributed by atoms with Crippen molar-refractivity contribution in [3.05, 3.63) is 43.0 Å². The SMILES string of the molecule is CN(Cc1cc(Br)cs1)c1nc(NN)ccc1[N+](=O)[O-]. The Morgan fingerprint density at radius 1 is 1.60 bits per heavy atom. The molecule has 0 radical (unpaired) electrons. The van der Waals surface area contributed by atoms with Gasteiger partial charge in [-0.1, -0.05) is 0 Å². The van der Waals surface area contributed by atoms with E-state index in [1.54, 1.807) is 23.3 Å². The average Bonchev–Trinajstić information content (AvgIpc) is 2.83. The van der Waals surface area contributed by atoms with Gasteiger partial charge in [-0.3, -0.25) is 10.1 Å². The van der Waals surface area contributed by atoms with Crippen molar-refractivity contribution in [2.45, 2.75) is 6.54 Å². The van der Waals surface area contributed by atoms with Crippen molar-refractivity contribution in [1.29, 1.82) is 0 Å². The molecule has 2 heterocycles. The van der Waals surface area contributed by atoms with E-state index in [1.807, 2.05) is 11.4 Å². The summed E-state index contributed by atoms with van der Waals surface area (Å²) < 4.78 is 0.991. The molecule has 0 fully saturated rings. The number of aromatic nitrogens is 1. The highest BCUT2D eigenvalue weighted by Gasteiger charge is 2.20. The van der Waals surface area contributed by atoms with E-state index in [0.29, 0.717) is 12.4 Å². The van der Waals surface area contributed by atoms with Gasteiger partial charge in [0.15, 0.2) is 0 Å². The third kappa shape index (κ3) is 3.24. The monoisotopic (exact) mass is 357 g/mol. The van der Waals surface area contributed by atoms with Gasteiger partial charge in [0.1, 0.15) is 5.82 Å². The van der Waals surface area contributed by atoms with Crippen LogP contribution in [0, 0.1) is 10.1 Å². The Bertz CT molecular complexity index is 633. The largest absolute Gasteiger partial charge is 0.349 e. The summed E-state index contributed by atoms with van der Waals surface area (Å²) in [5.41, 5.74) is 2.34. The number of rotatable bonds is 5. The van der Waals surface area contributed by atoms with Gasteiger partial charge in [-0.15, -0.1) is 11.3 Å². The molecule has 0 saturated heterocycles. The number of anilines is 2. The molecule has 0 amide bonds. The van der Waals surface area contributed by atoms with Crippen LogP contribution in [0.1, 0.15) is 4.88 Å². The Morgan fingerprint density at radius 3 is 2.90 bits per heavy atom. The minimum Gasteiger partial charge on any atom is -0.349 e. The number of nitrogens with two attached hydrogens (primary N) is 1. The molecule has 20 heavy (non-hydrogen) atoms. The van der Waals surface area contributed by atoms with Crippen LogP contribution in [0.15, 0.2) is 28.1 Å². The maximum Gasteiger partial charge on any atom is 0.311 e. The lowest BCUT2D eigenvalue weighted by molar-refractivity contribution is -0.384. The fraction of sp³-hybridized carbons (Fsp3) is 0.182. The lowest BCUT2D eigenvalue weighted by Gasteiger charge is -2.17. The predicted molar refractivity (Wildman–Crippen MR) is 82.8 cm³/mol. The first-order valence-electron chi connectivity index (χ1n) is 5.57. The number of nitrogens with zero attached hydrogens (tertiary/aromatic N) is 3. The van der Waals surface area contributed by atoms with Crippen molar-refractivity contribution in [3.63, 3.8) is 0 Å². The van der Waals surface area contributed by atoms with E-state index >= 15 is 0 Å². The normalized spacial score (nSPS) is 10.3. The average molecular weight is 358 g/mol. The summed E-state index contributed by atoms with van der Waals surface area (Å²) in [6.07, 6.45) is 0. The molecule has 0 spiro atoms. The van der Waals surface area contributed by atoms with Crippen LogP contribution in [-0.4, -0.2) is 17.0 Å². The highest BCUT2D eigenvalue weighted by molar-refractivity contribution is 9.10. The Balaban J connectivity index is 2.31. The summed E-state index contributed by atoms with van der Waals surface area (Å²) in [6.45, 7) is 0.526. The van der Waals surface area contributed by atoms with Gasteiger partial charge in [-0.05, 0) is 28.1 Å². The van der Waals surface area contributed by atoms with Crippen LogP contribution >= 0.6 is 27.3 Å². The molecule has 106 valence electrons. The zero-order chi connectivity index (χ0) is 14.7. The standard InChI is InChI=1S/C11H12BrN5O2S/c1-16(5-8-4-7(12)6-20-8)11-9(17(18)19)2-3-10(14-11)15-13/h2-4,6H,5,13H2,1H3,(H,14,15). The molecule has 0 saturated carbocycles. The summed E-state index contributed by atoms with van der Waals surface area (Å²) in [5, 5.41) is 13.0. The smallest absolute Gasteiger partial charge is 0.311 e. The number of hydrogen-bond acceptors (Lipinski definition) is 7. The molecule has 3 N–H and O–H groups in total. The first-order chi connectivity index (χ1) is 9.51. The minimum absolute atomic E-state index is 0.0536. The lowest BCUT2D eigenvalue weighted by atomic mass is 10.3. The number of nitro groups is 1. The first-order valence-corrected chi connectivity index (χ1v) is 7.24. The summed E-state index contributed by atoms with van der Waals surface area (Å²) in [4.78, 5) is 17.6. The van der Waals surface area contributed by atoms with E-state index in [0.717, 1.165) is 9.35 Å². The van der Waals surface area contributed by atoms with Gasteiger partial charge in [0.05, 0.1) is 11.5 Å². The van der Waals surface area contributed by atoms with E-state index in [2.05, 4.69) is 26.3 Å². The molecule has 9 heteroatoms. The van der Waals surface area contributed by atoms with Crippen molar-refractivity contribution in [1.82, 2.24) is 4.98 Å². The molecule has 0 aromatic carbocycles. The molecule has 0 aliphatic carbocycles. The van der Waals surface area contributed by atoms with Gasteiger partial charge >= 0.3 is 5.69 Å². The van der Waals surface area contributed by atoms with Crippen molar-refractivity contribution in [2.24, 2.45) is 5.84 Å². The van der Waals surface area contributed by atoms with Gasteiger partial charge in [0.2, 0.25) is 5.82 Å². The van der Waals surface area contributed by atoms with E-state index in [9.17, 15) is 10.1 Å². The molecule has 0 aliphatic rings. The second-order valence-corrected chi connectivity index (χ2v) is 5.94. The van der Waals surface area contributed by atoms with Gasteiger partial charge in [0.25, 0.3) is 0 Å². The summed E-state index contributed by atoms with van der Waals surface area (Å²) in [7, 11) is 1.75.